The Labute approximate surface area is 92.3 Å². The molecule has 0 aromatic rings. The molecule has 2 N–H and O–H groups in total. The van der Waals surface area contributed by atoms with E-state index >= 15 is 0 Å². The normalized spacial score (nSPS) is 9.88. The summed E-state index contributed by atoms with van der Waals surface area (Å²) in [5.41, 5.74) is 0. The quantitative estimate of drug-likeness (QED) is 0.466. The standard InChI is InChI=1S/C8H16N2O6/c11-5-3-9(7(13)14)1-2-10(4-6-12)8(15)16/h11-12H,1-6H2,(H,13,14)(H,15,16)/p-2. The molecule has 0 aromatic heterocycles. The van der Waals surface area contributed by atoms with Crippen LogP contribution in [-0.2, 0) is 0 Å². The monoisotopic (exact) mass is 234 g/mol. The van der Waals surface area contributed by atoms with Gasteiger partial charge in [0.25, 0.3) is 0 Å². The second-order valence-corrected chi connectivity index (χ2v) is 2.95. The molecule has 0 aromatic carbocycles. The van der Waals surface area contributed by atoms with Crippen LogP contribution in [0.2, 0.25) is 0 Å². The van der Waals surface area contributed by atoms with Gasteiger partial charge < -0.3 is 39.8 Å². The molecule has 0 spiro atoms. The largest absolute Gasteiger partial charge is 0.530 e. The van der Waals surface area contributed by atoms with Gasteiger partial charge in [0.1, 0.15) is 12.2 Å². The van der Waals surface area contributed by atoms with E-state index in [4.69, 9.17) is 10.2 Å². The molecule has 0 rings (SSSR count). The number of aliphatic hydroxyl groups excluding tert-OH is 2. The molecule has 0 radical (unpaired) electrons. The fourth-order valence-electron chi connectivity index (χ4n) is 1.07. The lowest BCUT2D eigenvalue weighted by molar-refractivity contribution is -0.270. The zero-order valence-electron chi connectivity index (χ0n) is 8.66. The van der Waals surface area contributed by atoms with Gasteiger partial charge in [0.15, 0.2) is 0 Å². The molecule has 94 valence electrons. The molecule has 0 atom stereocenters. The van der Waals surface area contributed by atoms with Crippen LogP contribution in [0, 0.1) is 0 Å². The van der Waals surface area contributed by atoms with Crippen molar-refractivity contribution in [3.05, 3.63) is 0 Å². The predicted octanol–water partition coefficient (Wildman–Crippen LogP) is -3.74. The van der Waals surface area contributed by atoms with Crippen molar-refractivity contribution >= 4 is 12.2 Å². The van der Waals surface area contributed by atoms with Crippen LogP contribution in [0.25, 0.3) is 0 Å². The summed E-state index contributed by atoms with van der Waals surface area (Å²) in [6.45, 7) is -1.34. The Morgan fingerprint density at radius 1 is 0.812 bits per heavy atom. The minimum atomic E-state index is -1.49. The molecule has 16 heavy (non-hydrogen) atoms. The topological polar surface area (TPSA) is 127 Å². The number of hydrogen-bond acceptors (Lipinski definition) is 6. The third-order valence-electron chi connectivity index (χ3n) is 1.90. The highest BCUT2D eigenvalue weighted by Crippen LogP contribution is 1.91. The number of amides is 2. The van der Waals surface area contributed by atoms with Crippen LogP contribution in [0.3, 0.4) is 0 Å². The lowest BCUT2D eigenvalue weighted by Gasteiger charge is -2.29. The van der Waals surface area contributed by atoms with Crippen LogP contribution in [0.15, 0.2) is 0 Å². The molecule has 0 bridgehead atoms. The van der Waals surface area contributed by atoms with Crippen LogP contribution in [0.4, 0.5) is 9.59 Å². The van der Waals surface area contributed by atoms with Gasteiger partial charge in [0.2, 0.25) is 0 Å². The molecule has 8 nitrogen and oxygen atoms in total. The Hall–Kier alpha value is -1.54. The van der Waals surface area contributed by atoms with Crippen LogP contribution in [-0.4, -0.2) is 71.6 Å². The number of carbonyl (C=O) groups excluding carboxylic acids is 2. The first-order chi connectivity index (χ1) is 7.52. The molecule has 0 unspecified atom stereocenters. The SMILES string of the molecule is O=C([O-])N(CCO)CCN(CCO)C(=O)[O-]. The Morgan fingerprint density at radius 2 is 1.12 bits per heavy atom. The van der Waals surface area contributed by atoms with E-state index in [1.165, 1.54) is 0 Å². The van der Waals surface area contributed by atoms with E-state index < -0.39 is 12.2 Å². The van der Waals surface area contributed by atoms with Gasteiger partial charge in [-0.1, -0.05) is 0 Å². The number of carboxylic acid groups (broad SMARTS) is 2. The van der Waals surface area contributed by atoms with E-state index in [2.05, 4.69) is 0 Å². The number of hydrogen-bond donors (Lipinski definition) is 2. The van der Waals surface area contributed by atoms with E-state index in [0.29, 0.717) is 0 Å². The van der Waals surface area contributed by atoms with Crippen molar-refractivity contribution < 1.29 is 30.0 Å². The van der Waals surface area contributed by atoms with Crippen molar-refractivity contribution in [1.29, 1.82) is 0 Å². The first-order valence-corrected chi connectivity index (χ1v) is 4.66. The smallest absolute Gasteiger partial charge is 0.137 e. The highest BCUT2D eigenvalue weighted by Gasteiger charge is 2.08. The van der Waals surface area contributed by atoms with Gasteiger partial charge in [-0.2, -0.15) is 0 Å². The molecular weight excluding hydrogens is 220 g/mol. The van der Waals surface area contributed by atoms with Crippen molar-refractivity contribution in [2.24, 2.45) is 0 Å². The van der Waals surface area contributed by atoms with Crippen molar-refractivity contribution in [1.82, 2.24) is 9.80 Å². The minimum absolute atomic E-state index is 0.142. The average molecular weight is 234 g/mol. The predicted molar refractivity (Wildman–Crippen MR) is 48.1 cm³/mol. The van der Waals surface area contributed by atoms with E-state index in [0.717, 1.165) is 9.80 Å². The summed E-state index contributed by atoms with van der Waals surface area (Å²) >= 11 is 0. The number of carbonyl (C=O) groups is 2. The molecule has 0 aliphatic carbocycles. The van der Waals surface area contributed by atoms with Crippen LogP contribution in [0.1, 0.15) is 0 Å². The highest BCUT2D eigenvalue weighted by atomic mass is 16.4. The molecular formula is C8H14N2O6-2. The van der Waals surface area contributed by atoms with E-state index in [1.54, 1.807) is 0 Å². The minimum Gasteiger partial charge on any atom is -0.530 e. The van der Waals surface area contributed by atoms with Gasteiger partial charge in [-0.05, 0) is 0 Å². The van der Waals surface area contributed by atoms with Crippen molar-refractivity contribution in [2.75, 3.05) is 39.4 Å². The molecule has 8 heteroatoms. The molecule has 0 saturated carbocycles. The van der Waals surface area contributed by atoms with Crippen LogP contribution >= 0.6 is 0 Å². The van der Waals surface area contributed by atoms with Crippen LogP contribution < -0.4 is 10.2 Å². The molecule has 0 fully saturated rings. The number of nitrogens with zero attached hydrogens (tertiary/aromatic N) is 2. The zero-order chi connectivity index (χ0) is 12.6. The Morgan fingerprint density at radius 3 is 1.31 bits per heavy atom. The van der Waals surface area contributed by atoms with Gasteiger partial charge in [-0.25, -0.2) is 0 Å². The summed E-state index contributed by atoms with van der Waals surface area (Å²) in [6.07, 6.45) is -2.98. The van der Waals surface area contributed by atoms with Gasteiger partial charge in [0.05, 0.1) is 13.2 Å². The second kappa shape index (κ2) is 7.71. The van der Waals surface area contributed by atoms with E-state index in [-0.39, 0.29) is 39.4 Å². The van der Waals surface area contributed by atoms with E-state index in [1.807, 2.05) is 0 Å². The summed E-state index contributed by atoms with van der Waals surface area (Å²) < 4.78 is 0. The fraction of sp³-hybridized carbons (Fsp3) is 0.750. The third-order valence-corrected chi connectivity index (χ3v) is 1.90. The van der Waals surface area contributed by atoms with Gasteiger partial charge in [-0.3, -0.25) is 0 Å². The summed E-state index contributed by atoms with van der Waals surface area (Å²) in [5, 5.41) is 38.1. The second-order valence-electron chi connectivity index (χ2n) is 2.95. The van der Waals surface area contributed by atoms with Crippen molar-refractivity contribution in [2.45, 2.75) is 0 Å². The van der Waals surface area contributed by atoms with E-state index in [9.17, 15) is 19.8 Å². The maximum Gasteiger partial charge on any atom is 0.137 e. The fourth-order valence-corrected chi connectivity index (χ4v) is 1.07. The molecule has 0 saturated heterocycles. The van der Waals surface area contributed by atoms with Gasteiger partial charge in [-0.15, -0.1) is 0 Å². The lowest BCUT2D eigenvalue weighted by atomic mass is 10.4. The lowest BCUT2D eigenvalue weighted by Crippen LogP contribution is -2.50. The maximum absolute atomic E-state index is 10.5. The first kappa shape index (κ1) is 14.5. The molecule has 2 amide bonds. The van der Waals surface area contributed by atoms with Crippen molar-refractivity contribution in [3.8, 4) is 0 Å². The number of aliphatic hydroxyl groups is 2. The summed E-state index contributed by atoms with van der Waals surface area (Å²) in [7, 11) is 0. The molecule has 0 aliphatic heterocycles. The first-order valence-electron chi connectivity index (χ1n) is 4.66. The zero-order valence-corrected chi connectivity index (χ0v) is 8.66. The average Bonchev–Trinajstić information content (AvgIpc) is 2.21. The highest BCUT2D eigenvalue weighted by molar-refractivity contribution is 5.63. The Balaban J connectivity index is 4.14. The third kappa shape index (κ3) is 5.37. The van der Waals surface area contributed by atoms with Crippen LogP contribution in [0.5, 0.6) is 0 Å². The number of rotatable bonds is 7. The summed E-state index contributed by atoms with van der Waals surface area (Å²) in [4.78, 5) is 22.5. The van der Waals surface area contributed by atoms with Gasteiger partial charge in [0, 0.05) is 26.2 Å². The van der Waals surface area contributed by atoms with Crippen molar-refractivity contribution in [3.63, 3.8) is 0 Å². The summed E-state index contributed by atoms with van der Waals surface area (Å²) in [6, 6.07) is 0. The summed E-state index contributed by atoms with van der Waals surface area (Å²) in [5.74, 6) is 0. The van der Waals surface area contributed by atoms with Gasteiger partial charge >= 0.3 is 0 Å². The Bertz CT molecular complexity index is 211. The molecule has 0 aliphatic rings. The Kier molecular flexibility index (Phi) is 6.97. The maximum atomic E-state index is 10.5. The molecule has 0 heterocycles.